The number of rotatable bonds is 6. The molecule has 0 aromatic carbocycles. The molecule has 0 N–H and O–H groups in total. The zero-order valence-corrected chi connectivity index (χ0v) is 14.4. The molecule has 0 saturated heterocycles. The molecule has 2 aliphatic rings. The second-order valence-electron chi connectivity index (χ2n) is 7.92. The van der Waals surface area contributed by atoms with Crippen molar-refractivity contribution in [3.63, 3.8) is 0 Å². The predicted molar refractivity (Wildman–Crippen MR) is 89.9 cm³/mol. The van der Waals surface area contributed by atoms with Crippen molar-refractivity contribution in [1.29, 1.82) is 5.26 Å². The average molecular weight is 290 g/mol. The van der Waals surface area contributed by atoms with Crippen LogP contribution in [-0.4, -0.2) is 0 Å². The van der Waals surface area contributed by atoms with Crippen molar-refractivity contribution in [3.8, 4) is 6.07 Å². The first-order chi connectivity index (χ1) is 10.2. The first-order valence-electron chi connectivity index (χ1n) is 9.64. The SMILES string of the molecule is CCCCC1CCC(C2CCCC(C#N)(CCC)C2)CC1. The Labute approximate surface area is 132 Å². The van der Waals surface area contributed by atoms with Crippen LogP contribution >= 0.6 is 0 Å². The molecule has 21 heavy (non-hydrogen) atoms. The van der Waals surface area contributed by atoms with E-state index in [4.69, 9.17) is 0 Å². The van der Waals surface area contributed by atoms with E-state index in [9.17, 15) is 5.26 Å². The molecule has 0 aromatic heterocycles. The molecule has 2 saturated carbocycles. The van der Waals surface area contributed by atoms with E-state index in [0.717, 1.165) is 24.2 Å². The summed E-state index contributed by atoms with van der Waals surface area (Å²) in [7, 11) is 0. The lowest BCUT2D eigenvalue weighted by molar-refractivity contribution is 0.103. The van der Waals surface area contributed by atoms with Gasteiger partial charge in [0.05, 0.1) is 11.5 Å². The highest BCUT2D eigenvalue weighted by molar-refractivity contribution is 5.02. The van der Waals surface area contributed by atoms with E-state index < -0.39 is 0 Å². The van der Waals surface area contributed by atoms with Crippen molar-refractivity contribution in [3.05, 3.63) is 0 Å². The van der Waals surface area contributed by atoms with Crippen LogP contribution in [0.3, 0.4) is 0 Å². The average Bonchev–Trinajstić information content (AvgIpc) is 2.54. The Bertz CT molecular complexity index is 330. The molecule has 1 heteroatoms. The molecule has 0 aliphatic heterocycles. The number of unbranched alkanes of at least 4 members (excludes halogenated alkanes) is 1. The third kappa shape index (κ3) is 4.48. The van der Waals surface area contributed by atoms with Crippen LogP contribution < -0.4 is 0 Å². The minimum atomic E-state index is 0.0384. The van der Waals surface area contributed by atoms with Gasteiger partial charge in [-0.05, 0) is 49.9 Å². The Kier molecular flexibility index (Phi) is 6.59. The van der Waals surface area contributed by atoms with Gasteiger partial charge in [-0.25, -0.2) is 0 Å². The monoisotopic (exact) mass is 289 g/mol. The largest absolute Gasteiger partial charge is 0.198 e. The zero-order valence-electron chi connectivity index (χ0n) is 14.4. The Morgan fingerprint density at radius 3 is 2.38 bits per heavy atom. The second kappa shape index (κ2) is 8.21. The number of nitriles is 1. The van der Waals surface area contributed by atoms with Crippen molar-refractivity contribution < 1.29 is 0 Å². The second-order valence-corrected chi connectivity index (χ2v) is 7.92. The highest BCUT2D eigenvalue weighted by Crippen LogP contribution is 2.48. The summed E-state index contributed by atoms with van der Waals surface area (Å²) in [6.45, 7) is 4.55. The van der Waals surface area contributed by atoms with Gasteiger partial charge in [-0.15, -0.1) is 0 Å². The van der Waals surface area contributed by atoms with E-state index in [-0.39, 0.29) is 5.41 Å². The molecule has 0 amide bonds. The van der Waals surface area contributed by atoms with E-state index in [0.29, 0.717) is 0 Å². The third-order valence-electron chi connectivity index (χ3n) is 6.37. The maximum atomic E-state index is 9.68. The van der Waals surface area contributed by atoms with E-state index in [2.05, 4.69) is 19.9 Å². The highest BCUT2D eigenvalue weighted by Gasteiger charge is 2.39. The van der Waals surface area contributed by atoms with Gasteiger partial charge in [0.2, 0.25) is 0 Å². The lowest BCUT2D eigenvalue weighted by Crippen LogP contribution is -2.32. The summed E-state index contributed by atoms with van der Waals surface area (Å²) in [6.07, 6.45) is 17.5. The molecule has 120 valence electrons. The molecule has 2 fully saturated rings. The Balaban J connectivity index is 1.84. The fourth-order valence-electron chi connectivity index (χ4n) is 5.12. The van der Waals surface area contributed by atoms with E-state index >= 15 is 0 Å². The van der Waals surface area contributed by atoms with Crippen LogP contribution in [0, 0.1) is 34.5 Å². The number of hydrogen-bond acceptors (Lipinski definition) is 1. The Morgan fingerprint density at radius 1 is 1.00 bits per heavy atom. The maximum Gasteiger partial charge on any atom is 0.0689 e. The smallest absolute Gasteiger partial charge is 0.0689 e. The standard InChI is InChI=1S/C20H35N/c1-3-5-7-17-9-11-18(12-10-17)19-8-6-14-20(15-19,16-21)13-4-2/h17-19H,3-15H2,1-2H3. The van der Waals surface area contributed by atoms with Gasteiger partial charge >= 0.3 is 0 Å². The van der Waals surface area contributed by atoms with Gasteiger partial charge in [-0.1, -0.05) is 65.2 Å². The van der Waals surface area contributed by atoms with Crippen LogP contribution in [0.4, 0.5) is 0 Å². The number of hydrogen-bond donors (Lipinski definition) is 0. The summed E-state index contributed by atoms with van der Waals surface area (Å²) in [5, 5.41) is 9.68. The molecule has 0 aromatic rings. The van der Waals surface area contributed by atoms with E-state index in [1.165, 1.54) is 77.0 Å². The predicted octanol–water partition coefficient (Wildman–Crippen LogP) is 6.48. The quantitative estimate of drug-likeness (QED) is 0.548. The van der Waals surface area contributed by atoms with Gasteiger partial charge in [-0.2, -0.15) is 5.26 Å². The molecular formula is C20H35N. The van der Waals surface area contributed by atoms with E-state index in [1.807, 2.05) is 0 Å². The molecule has 1 nitrogen and oxygen atoms in total. The molecular weight excluding hydrogens is 254 g/mol. The van der Waals surface area contributed by atoms with Gasteiger partial charge in [0.25, 0.3) is 0 Å². The molecule has 0 bridgehead atoms. The molecule has 2 aliphatic carbocycles. The number of nitrogens with zero attached hydrogens (tertiary/aromatic N) is 1. The first-order valence-corrected chi connectivity index (χ1v) is 9.64. The Hall–Kier alpha value is -0.510. The van der Waals surface area contributed by atoms with Crippen LogP contribution in [0.5, 0.6) is 0 Å². The first kappa shape index (κ1) is 16.9. The minimum absolute atomic E-state index is 0.0384. The fourth-order valence-corrected chi connectivity index (χ4v) is 5.12. The van der Waals surface area contributed by atoms with Crippen LogP contribution in [0.15, 0.2) is 0 Å². The van der Waals surface area contributed by atoms with Gasteiger partial charge in [0.1, 0.15) is 0 Å². The summed E-state index contributed by atoms with van der Waals surface area (Å²) in [6, 6.07) is 2.72. The van der Waals surface area contributed by atoms with Gasteiger partial charge in [-0.3, -0.25) is 0 Å². The molecule has 0 spiro atoms. The van der Waals surface area contributed by atoms with Gasteiger partial charge in [0, 0.05) is 0 Å². The molecule has 0 radical (unpaired) electrons. The summed E-state index contributed by atoms with van der Waals surface area (Å²) in [5.74, 6) is 2.81. The third-order valence-corrected chi connectivity index (χ3v) is 6.37. The lowest BCUT2D eigenvalue weighted by atomic mass is 9.62. The van der Waals surface area contributed by atoms with Gasteiger partial charge < -0.3 is 0 Å². The zero-order chi connectivity index (χ0) is 15.1. The fraction of sp³-hybridized carbons (Fsp3) is 0.950. The van der Waals surface area contributed by atoms with Gasteiger partial charge in [0.15, 0.2) is 0 Å². The van der Waals surface area contributed by atoms with Crippen LogP contribution in [-0.2, 0) is 0 Å². The summed E-state index contributed by atoms with van der Waals surface area (Å²) in [4.78, 5) is 0. The lowest BCUT2D eigenvalue weighted by Gasteiger charge is -2.41. The van der Waals surface area contributed by atoms with Crippen molar-refractivity contribution >= 4 is 0 Å². The molecule has 2 unspecified atom stereocenters. The minimum Gasteiger partial charge on any atom is -0.198 e. The van der Waals surface area contributed by atoms with Crippen molar-refractivity contribution in [2.75, 3.05) is 0 Å². The van der Waals surface area contributed by atoms with Crippen LogP contribution in [0.1, 0.15) is 97.3 Å². The normalized spacial score (nSPS) is 37.1. The molecule has 0 heterocycles. The summed E-state index contributed by atoms with van der Waals surface area (Å²) in [5.41, 5.74) is 0.0384. The van der Waals surface area contributed by atoms with Crippen molar-refractivity contribution in [1.82, 2.24) is 0 Å². The topological polar surface area (TPSA) is 23.8 Å². The molecule has 2 rings (SSSR count). The van der Waals surface area contributed by atoms with Crippen molar-refractivity contribution in [2.45, 2.75) is 97.3 Å². The van der Waals surface area contributed by atoms with Crippen LogP contribution in [0.25, 0.3) is 0 Å². The highest BCUT2D eigenvalue weighted by atomic mass is 14.5. The van der Waals surface area contributed by atoms with Crippen molar-refractivity contribution in [2.24, 2.45) is 23.2 Å². The Morgan fingerprint density at radius 2 is 1.76 bits per heavy atom. The van der Waals surface area contributed by atoms with E-state index in [1.54, 1.807) is 0 Å². The molecule has 2 atom stereocenters. The summed E-state index contributed by atoms with van der Waals surface area (Å²) >= 11 is 0. The summed E-state index contributed by atoms with van der Waals surface area (Å²) < 4.78 is 0. The maximum absolute atomic E-state index is 9.68. The van der Waals surface area contributed by atoms with Crippen LogP contribution in [0.2, 0.25) is 0 Å².